The van der Waals surface area contributed by atoms with Crippen molar-refractivity contribution in [2.24, 2.45) is 5.41 Å². The van der Waals surface area contributed by atoms with Crippen molar-refractivity contribution in [1.82, 2.24) is 20.2 Å². The second-order valence-corrected chi connectivity index (χ2v) is 5.56. The molecule has 2 heterocycles. The van der Waals surface area contributed by atoms with Crippen LogP contribution in [0.3, 0.4) is 0 Å². The number of rotatable bonds is 4. The molecule has 0 spiro atoms. The number of aliphatic carboxylic acids is 1. The minimum atomic E-state index is -0.954. The lowest BCUT2D eigenvalue weighted by Gasteiger charge is -2.19. The molecule has 0 bridgehead atoms. The van der Waals surface area contributed by atoms with Crippen LogP contribution in [-0.4, -0.2) is 31.3 Å². The topological polar surface area (TPSA) is 94.0 Å². The van der Waals surface area contributed by atoms with Gasteiger partial charge < -0.3 is 9.52 Å². The van der Waals surface area contributed by atoms with Crippen LogP contribution in [0.2, 0.25) is 0 Å². The van der Waals surface area contributed by atoms with Gasteiger partial charge in [-0.3, -0.25) is 4.79 Å². The summed E-state index contributed by atoms with van der Waals surface area (Å²) in [7, 11) is 0. The molecule has 0 aliphatic heterocycles. The zero-order valence-electron chi connectivity index (χ0n) is 12.3. The van der Waals surface area contributed by atoms with Gasteiger partial charge in [0.2, 0.25) is 0 Å². The van der Waals surface area contributed by atoms with E-state index in [1.54, 1.807) is 13.8 Å². The summed E-state index contributed by atoms with van der Waals surface area (Å²) in [6, 6.07) is 0. The average molecular weight is 278 g/mol. The van der Waals surface area contributed by atoms with E-state index in [-0.39, 0.29) is 6.54 Å². The zero-order chi connectivity index (χ0) is 15.1. The molecular formula is C13H18N4O3. The van der Waals surface area contributed by atoms with Crippen LogP contribution in [0.4, 0.5) is 0 Å². The molecule has 0 atom stereocenters. The predicted octanol–water partition coefficient (Wildman–Crippen LogP) is 1.97. The summed E-state index contributed by atoms with van der Waals surface area (Å²) >= 11 is 0. The van der Waals surface area contributed by atoms with Crippen LogP contribution >= 0.6 is 0 Å². The Morgan fingerprint density at radius 1 is 1.30 bits per heavy atom. The quantitative estimate of drug-likeness (QED) is 0.918. The Morgan fingerprint density at radius 2 is 1.95 bits per heavy atom. The predicted molar refractivity (Wildman–Crippen MR) is 71.1 cm³/mol. The summed E-state index contributed by atoms with van der Waals surface area (Å²) in [5.41, 5.74) is 0.838. The second kappa shape index (κ2) is 4.73. The lowest BCUT2D eigenvalue weighted by atomic mass is 9.94. The van der Waals surface area contributed by atoms with Gasteiger partial charge in [-0.25, -0.2) is 4.68 Å². The Balaban J connectivity index is 2.46. The summed E-state index contributed by atoms with van der Waals surface area (Å²) in [6.07, 6.45) is 0. The Bertz CT molecular complexity index is 655. The number of hydrogen-bond donors (Lipinski definition) is 1. The molecule has 7 nitrogen and oxygen atoms in total. The molecule has 0 saturated heterocycles. The minimum absolute atomic E-state index is 0.188. The van der Waals surface area contributed by atoms with Crippen LogP contribution in [-0.2, 0) is 11.3 Å². The monoisotopic (exact) mass is 278 g/mol. The van der Waals surface area contributed by atoms with E-state index in [0.717, 1.165) is 22.6 Å². The molecule has 0 aliphatic carbocycles. The van der Waals surface area contributed by atoms with Crippen LogP contribution in [0.1, 0.15) is 30.9 Å². The molecule has 108 valence electrons. The largest absolute Gasteiger partial charge is 0.481 e. The SMILES string of the molecule is Cc1oc(C)c(-c2nnnn2CC(C)(C)C(=O)O)c1C. The van der Waals surface area contributed by atoms with Crippen molar-refractivity contribution in [2.75, 3.05) is 0 Å². The Labute approximate surface area is 116 Å². The fraction of sp³-hybridized carbons (Fsp3) is 0.538. The first kappa shape index (κ1) is 14.2. The van der Waals surface area contributed by atoms with Crippen molar-refractivity contribution in [3.8, 4) is 11.4 Å². The van der Waals surface area contributed by atoms with Gasteiger partial charge in [0.1, 0.15) is 11.5 Å². The van der Waals surface area contributed by atoms with Gasteiger partial charge in [-0.05, 0) is 45.0 Å². The van der Waals surface area contributed by atoms with Gasteiger partial charge in [0.05, 0.1) is 17.5 Å². The number of carbonyl (C=O) groups is 1. The fourth-order valence-electron chi connectivity index (χ4n) is 2.05. The normalized spacial score (nSPS) is 11.8. The van der Waals surface area contributed by atoms with Crippen LogP contribution < -0.4 is 0 Å². The third kappa shape index (κ3) is 2.31. The van der Waals surface area contributed by atoms with Gasteiger partial charge in [-0.15, -0.1) is 5.10 Å². The van der Waals surface area contributed by atoms with E-state index in [1.165, 1.54) is 4.68 Å². The van der Waals surface area contributed by atoms with Gasteiger partial charge in [-0.2, -0.15) is 0 Å². The number of carboxylic acid groups (broad SMARTS) is 1. The van der Waals surface area contributed by atoms with Crippen LogP contribution in [0.15, 0.2) is 4.42 Å². The Morgan fingerprint density at radius 3 is 2.45 bits per heavy atom. The van der Waals surface area contributed by atoms with Crippen molar-refractivity contribution in [3.63, 3.8) is 0 Å². The van der Waals surface area contributed by atoms with Gasteiger partial charge in [-0.1, -0.05) is 0 Å². The van der Waals surface area contributed by atoms with E-state index in [4.69, 9.17) is 4.42 Å². The highest BCUT2D eigenvalue weighted by Gasteiger charge is 2.30. The summed E-state index contributed by atoms with van der Waals surface area (Å²) in [6.45, 7) is 9.12. The van der Waals surface area contributed by atoms with Crippen molar-refractivity contribution < 1.29 is 14.3 Å². The molecule has 0 unspecified atom stereocenters. The number of aromatic nitrogens is 4. The van der Waals surface area contributed by atoms with Gasteiger partial charge >= 0.3 is 5.97 Å². The van der Waals surface area contributed by atoms with E-state index < -0.39 is 11.4 Å². The maximum Gasteiger partial charge on any atom is 0.310 e. The van der Waals surface area contributed by atoms with Gasteiger partial charge in [0, 0.05) is 5.56 Å². The maximum atomic E-state index is 11.2. The first-order valence-corrected chi connectivity index (χ1v) is 6.30. The third-order valence-electron chi connectivity index (χ3n) is 3.44. The highest BCUT2D eigenvalue weighted by Crippen LogP contribution is 2.30. The maximum absolute atomic E-state index is 11.2. The molecular weight excluding hydrogens is 260 g/mol. The van der Waals surface area contributed by atoms with E-state index in [2.05, 4.69) is 15.5 Å². The molecule has 2 aromatic heterocycles. The molecule has 0 aliphatic rings. The first-order chi connectivity index (χ1) is 9.24. The van der Waals surface area contributed by atoms with Crippen LogP contribution in [0.5, 0.6) is 0 Å². The third-order valence-corrected chi connectivity index (χ3v) is 3.44. The van der Waals surface area contributed by atoms with E-state index in [0.29, 0.717) is 5.82 Å². The molecule has 2 rings (SSSR count). The smallest absolute Gasteiger partial charge is 0.310 e. The summed E-state index contributed by atoms with van der Waals surface area (Å²) in [4.78, 5) is 11.2. The molecule has 0 amide bonds. The number of furan rings is 1. The lowest BCUT2D eigenvalue weighted by Crippen LogP contribution is -2.30. The summed E-state index contributed by atoms with van der Waals surface area (Å²) in [5.74, 6) is 1.18. The standard InChI is InChI=1S/C13H18N4O3/c1-7-8(2)20-9(3)10(7)11-14-15-16-17(11)6-13(4,5)12(18)19/h6H2,1-5H3,(H,18,19). The van der Waals surface area contributed by atoms with Crippen molar-refractivity contribution in [1.29, 1.82) is 0 Å². The van der Waals surface area contributed by atoms with Gasteiger partial charge in [0.15, 0.2) is 5.82 Å². The molecule has 0 aromatic carbocycles. The van der Waals surface area contributed by atoms with Crippen molar-refractivity contribution >= 4 is 5.97 Å². The van der Waals surface area contributed by atoms with Crippen LogP contribution in [0.25, 0.3) is 11.4 Å². The fourth-order valence-corrected chi connectivity index (χ4v) is 2.05. The molecule has 7 heteroatoms. The van der Waals surface area contributed by atoms with Crippen LogP contribution in [0, 0.1) is 26.2 Å². The average Bonchev–Trinajstić information content (AvgIpc) is 2.85. The number of tetrazole rings is 1. The summed E-state index contributed by atoms with van der Waals surface area (Å²) in [5, 5.41) is 20.8. The van der Waals surface area contributed by atoms with Crippen molar-refractivity contribution in [3.05, 3.63) is 17.1 Å². The molecule has 0 saturated carbocycles. The molecule has 1 N–H and O–H groups in total. The second-order valence-electron chi connectivity index (χ2n) is 5.56. The molecule has 0 radical (unpaired) electrons. The molecule has 2 aromatic rings. The van der Waals surface area contributed by atoms with E-state index >= 15 is 0 Å². The van der Waals surface area contributed by atoms with Gasteiger partial charge in [0.25, 0.3) is 0 Å². The van der Waals surface area contributed by atoms with E-state index in [9.17, 15) is 9.90 Å². The molecule has 0 fully saturated rings. The lowest BCUT2D eigenvalue weighted by molar-refractivity contribution is -0.147. The number of hydrogen-bond acceptors (Lipinski definition) is 5. The number of aryl methyl sites for hydroxylation is 2. The summed E-state index contributed by atoms with van der Waals surface area (Å²) < 4.78 is 7.09. The Hall–Kier alpha value is -2.18. The number of nitrogens with zero attached hydrogens (tertiary/aromatic N) is 4. The highest BCUT2D eigenvalue weighted by molar-refractivity contribution is 5.73. The van der Waals surface area contributed by atoms with E-state index in [1.807, 2.05) is 20.8 Å². The number of carboxylic acids is 1. The molecule has 20 heavy (non-hydrogen) atoms. The highest BCUT2D eigenvalue weighted by atomic mass is 16.4. The zero-order valence-corrected chi connectivity index (χ0v) is 12.3. The van der Waals surface area contributed by atoms with Crippen molar-refractivity contribution in [2.45, 2.75) is 41.2 Å². The first-order valence-electron chi connectivity index (χ1n) is 6.30. The Kier molecular flexibility index (Phi) is 3.37. The minimum Gasteiger partial charge on any atom is -0.481 e.